The Morgan fingerprint density at radius 2 is 2.16 bits per heavy atom. The van der Waals surface area contributed by atoms with Crippen LogP contribution >= 0.6 is 11.3 Å². The van der Waals surface area contributed by atoms with Gasteiger partial charge >= 0.3 is 0 Å². The number of carbonyl (C=O) groups excluding carboxylic acids is 1. The predicted molar refractivity (Wildman–Crippen MR) is 99.7 cm³/mol. The van der Waals surface area contributed by atoms with Gasteiger partial charge in [-0.2, -0.15) is 0 Å². The zero-order chi connectivity index (χ0) is 17.6. The number of hydrogen-bond donors (Lipinski definition) is 2. The predicted octanol–water partition coefficient (Wildman–Crippen LogP) is 3.78. The SMILES string of the molecule is COc1ccc(C)cc1NC(=O)Cc1csc(Nc2ccccn2)n1. The lowest BCUT2D eigenvalue weighted by Gasteiger charge is -2.10. The summed E-state index contributed by atoms with van der Waals surface area (Å²) in [4.78, 5) is 20.9. The number of rotatable bonds is 6. The van der Waals surface area contributed by atoms with E-state index in [9.17, 15) is 4.79 Å². The summed E-state index contributed by atoms with van der Waals surface area (Å²) >= 11 is 1.44. The Bertz CT molecular complexity index is 865. The third kappa shape index (κ3) is 4.54. The topological polar surface area (TPSA) is 76.1 Å². The number of hydrogen-bond acceptors (Lipinski definition) is 6. The molecule has 1 amide bonds. The number of anilines is 3. The second-order valence-electron chi connectivity index (χ2n) is 5.41. The maximum absolute atomic E-state index is 12.3. The maximum Gasteiger partial charge on any atom is 0.230 e. The second kappa shape index (κ2) is 7.76. The number of nitrogens with zero attached hydrogens (tertiary/aromatic N) is 2. The molecule has 0 atom stereocenters. The normalized spacial score (nSPS) is 10.3. The van der Waals surface area contributed by atoms with Gasteiger partial charge in [0.2, 0.25) is 5.91 Å². The molecule has 2 aromatic heterocycles. The van der Waals surface area contributed by atoms with Gasteiger partial charge in [0.15, 0.2) is 5.13 Å². The number of amides is 1. The first-order valence-electron chi connectivity index (χ1n) is 7.71. The van der Waals surface area contributed by atoms with Crippen LogP contribution in [0.5, 0.6) is 5.75 Å². The monoisotopic (exact) mass is 354 g/mol. The number of nitrogens with one attached hydrogen (secondary N) is 2. The van der Waals surface area contributed by atoms with E-state index in [1.165, 1.54) is 11.3 Å². The minimum atomic E-state index is -0.140. The Morgan fingerprint density at radius 1 is 1.28 bits per heavy atom. The molecular formula is C18H18N4O2S. The highest BCUT2D eigenvalue weighted by atomic mass is 32.1. The second-order valence-corrected chi connectivity index (χ2v) is 6.27. The Morgan fingerprint density at radius 3 is 2.92 bits per heavy atom. The smallest absolute Gasteiger partial charge is 0.230 e. The number of pyridine rings is 1. The summed E-state index contributed by atoms with van der Waals surface area (Å²) in [5, 5.41) is 8.56. The fourth-order valence-electron chi connectivity index (χ4n) is 2.27. The van der Waals surface area contributed by atoms with E-state index in [2.05, 4.69) is 20.6 Å². The van der Waals surface area contributed by atoms with Crippen molar-refractivity contribution in [1.82, 2.24) is 9.97 Å². The highest BCUT2D eigenvalue weighted by Gasteiger charge is 2.11. The van der Waals surface area contributed by atoms with Crippen molar-refractivity contribution < 1.29 is 9.53 Å². The van der Waals surface area contributed by atoms with E-state index in [0.717, 1.165) is 11.4 Å². The molecule has 0 aliphatic heterocycles. The van der Waals surface area contributed by atoms with E-state index in [1.807, 2.05) is 48.7 Å². The standard InChI is InChI=1S/C18H18N4O2S/c1-12-6-7-15(24-2)14(9-12)21-17(23)10-13-11-25-18(20-13)22-16-5-3-4-8-19-16/h3-9,11H,10H2,1-2H3,(H,21,23)(H,19,20,22). The summed E-state index contributed by atoms with van der Waals surface area (Å²) < 4.78 is 5.28. The molecule has 2 heterocycles. The van der Waals surface area contributed by atoms with Crippen molar-refractivity contribution in [3.63, 3.8) is 0 Å². The molecule has 0 aliphatic carbocycles. The molecular weight excluding hydrogens is 336 g/mol. The molecule has 3 rings (SSSR count). The molecule has 3 aromatic rings. The summed E-state index contributed by atoms with van der Waals surface area (Å²) in [7, 11) is 1.58. The molecule has 0 radical (unpaired) electrons. The van der Waals surface area contributed by atoms with Gasteiger partial charge in [0.1, 0.15) is 11.6 Å². The van der Waals surface area contributed by atoms with Gasteiger partial charge in [0.25, 0.3) is 0 Å². The minimum Gasteiger partial charge on any atom is -0.495 e. The fraction of sp³-hybridized carbons (Fsp3) is 0.167. The zero-order valence-electron chi connectivity index (χ0n) is 13.9. The Hall–Kier alpha value is -2.93. The van der Waals surface area contributed by atoms with E-state index in [0.29, 0.717) is 22.3 Å². The molecule has 1 aromatic carbocycles. The lowest BCUT2D eigenvalue weighted by Crippen LogP contribution is -2.15. The summed E-state index contributed by atoms with van der Waals surface area (Å²) in [5.74, 6) is 1.21. The number of methoxy groups -OCH3 is 1. The highest BCUT2D eigenvalue weighted by molar-refractivity contribution is 7.13. The molecule has 0 saturated heterocycles. The molecule has 0 bridgehead atoms. The summed E-state index contributed by atoms with van der Waals surface area (Å²) in [5.41, 5.74) is 2.41. The van der Waals surface area contributed by atoms with Crippen LogP contribution in [0.4, 0.5) is 16.6 Å². The van der Waals surface area contributed by atoms with Gasteiger partial charge in [-0.3, -0.25) is 4.79 Å². The van der Waals surface area contributed by atoms with Crippen LogP contribution in [0.15, 0.2) is 48.0 Å². The Labute approximate surface area is 149 Å². The average molecular weight is 354 g/mol. The number of aryl methyl sites for hydroxylation is 1. The third-order valence-corrected chi connectivity index (χ3v) is 4.23. The fourth-order valence-corrected chi connectivity index (χ4v) is 2.99. The van der Waals surface area contributed by atoms with Crippen LogP contribution in [-0.4, -0.2) is 23.0 Å². The first-order chi connectivity index (χ1) is 12.1. The van der Waals surface area contributed by atoms with Crippen LogP contribution in [0.2, 0.25) is 0 Å². The Kier molecular flexibility index (Phi) is 5.25. The van der Waals surface area contributed by atoms with Crippen molar-refractivity contribution in [2.24, 2.45) is 0 Å². The van der Waals surface area contributed by atoms with Gasteiger partial charge < -0.3 is 15.4 Å². The molecule has 7 heteroatoms. The van der Waals surface area contributed by atoms with Gasteiger partial charge in [-0.15, -0.1) is 11.3 Å². The maximum atomic E-state index is 12.3. The molecule has 0 saturated carbocycles. The van der Waals surface area contributed by atoms with Crippen molar-refractivity contribution >= 4 is 33.9 Å². The molecule has 0 fully saturated rings. The Balaban J connectivity index is 1.63. The first kappa shape index (κ1) is 16.9. The molecule has 25 heavy (non-hydrogen) atoms. The quantitative estimate of drug-likeness (QED) is 0.704. The van der Waals surface area contributed by atoms with E-state index < -0.39 is 0 Å². The molecule has 0 spiro atoms. The van der Waals surface area contributed by atoms with Crippen molar-refractivity contribution in [3.8, 4) is 5.75 Å². The van der Waals surface area contributed by atoms with Crippen molar-refractivity contribution in [2.75, 3.05) is 17.7 Å². The number of ether oxygens (including phenoxy) is 1. The van der Waals surface area contributed by atoms with Crippen LogP contribution < -0.4 is 15.4 Å². The third-order valence-electron chi connectivity index (χ3n) is 3.42. The number of benzene rings is 1. The first-order valence-corrected chi connectivity index (χ1v) is 8.59. The van der Waals surface area contributed by atoms with Crippen LogP contribution in [0, 0.1) is 6.92 Å². The van der Waals surface area contributed by atoms with Crippen molar-refractivity contribution in [3.05, 3.63) is 59.2 Å². The van der Waals surface area contributed by atoms with Crippen molar-refractivity contribution in [2.45, 2.75) is 13.3 Å². The van der Waals surface area contributed by atoms with Crippen LogP contribution in [0.1, 0.15) is 11.3 Å². The van der Waals surface area contributed by atoms with Crippen molar-refractivity contribution in [1.29, 1.82) is 0 Å². The van der Waals surface area contributed by atoms with Gasteiger partial charge in [-0.1, -0.05) is 12.1 Å². The number of thiazole rings is 1. The van der Waals surface area contributed by atoms with Gasteiger partial charge in [0, 0.05) is 11.6 Å². The van der Waals surface area contributed by atoms with E-state index in [4.69, 9.17) is 4.74 Å². The number of carbonyl (C=O) groups is 1. The zero-order valence-corrected chi connectivity index (χ0v) is 14.8. The molecule has 0 unspecified atom stereocenters. The van der Waals surface area contributed by atoms with Crippen LogP contribution in [0.3, 0.4) is 0 Å². The van der Waals surface area contributed by atoms with Gasteiger partial charge in [0.05, 0.1) is 24.9 Å². The van der Waals surface area contributed by atoms with E-state index in [1.54, 1.807) is 13.3 Å². The van der Waals surface area contributed by atoms with E-state index in [-0.39, 0.29) is 12.3 Å². The highest BCUT2D eigenvalue weighted by Crippen LogP contribution is 2.25. The van der Waals surface area contributed by atoms with E-state index >= 15 is 0 Å². The van der Waals surface area contributed by atoms with Crippen LogP contribution in [0.25, 0.3) is 0 Å². The summed E-state index contributed by atoms with van der Waals surface area (Å²) in [6, 6.07) is 11.3. The largest absolute Gasteiger partial charge is 0.495 e. The summed E-state index contributed by atoms with van der Waals surface area (Å²) in [6.07, 6.45) is 1.90. The molecule has 2 N–H and O–H groups in total. The lowest BCUT2D eigenvalue weighted by atomic mass is 10.2. The lowest BCUT2D eigenvalue weighted by molar-refractivity contribution is -0.115. The van der Waals surface area contributed by atoms with Crippen LogP contribution in [-0.2, 0) is 11.2 Å². The van der Waals surface area contributed by atoms with Gasteiger partial charge in [-0.25, -0.2) is 9.97 Å². The van der Waals surface area contributed by atoms with Gasteiger partial charge in [-0.05, 0) is 36.8 Å². The average Bonchev–Trinajstić information content (AvgIpc) is 3.02. The minimum absolute atomic E-state index is 0.140. The molecule has 0 aliphatic rings. The number of aromatic nitrogens is 2. The molecule has 128 valence electrons. The molecule has 6 nitrogen and oxygen atoms in total. The summed E-state index contributed by atoms with van der Waals surface area (Å²) in [6.45, 7) is 1.96.